The van der Waals surface area contributed by atoms with Gasteiger partial charge in [0.25, 0.3) is 0 Å². The average Bonchev–Trinajstić information content (AvgIpc) is 2.84. The predicted octanol–water partition coefficient (Wildman–Crippen LogP) is 3.25. The molecule has 0 saturated carbocycles. The van der Waals surface area contributed by atoms with E-state index in [4.69, 9.17) is 10.6 Å². The van der Waals surface area contributed by atoms with Crippen LogP contribution in [0.4, 0.5) is 4.39 Å². The Kier molecular flexibility index (Phi) is 5.14. The van der Waals surface area contributed by atoms with Crippen molar-refractivity contribution in [1.29, 1.82) is 0 Å². The number of halogens is 2. The van der Waals surface area contributed by atoms with Crippen LogP contribution in [-0.2, 0) is 6.42 Å². The second kappa shape index (κ2) is 6.65. The maximum absolute atomic E-state index is 14.1. The van der Waals surface area contributed by atoms with Crippen molar-refractivity contribution in [2.75, 3.05) is 7.11 Å². The number of thiophene rings is 1. The Bertz CT molecular complexity index is 561. The molecule has 6 heteroatoms. The molecule has 1 aromatic heterocycles. The largest absolute Gasteiger partial charge is 0.494 e. The van der Waals surface area contributed by atoms with Crippen molar-refractivity contribution < 1.29 is 9.13 Å². The van der Waals surface area contributed by atoms with E-state index >= 15 is 0 Å². The van der Waals surface area contributed by atoms with E-state index in [1.165, 1.54) is 9.99 Å². The van der Waals surface area contributed by atoms with Gasteiger partial charge in [0.1, 0.15) is 0 Å². The van der Waals surface area contributed by atoms with Crippen molar-refractivity contribution >= 4 is 33.9 Å². The van der Waals surface area contributed by atoms with Crippen LogP contribution >= 0.6 is 33.9 Å². The summed E-state index contributed by atoms with van der Waals surface area (Å²) in [4.78, 5) is 0. The van der Waals surface area contributed by atoms with E-state index in [0.717, 1.165) is 5.56 Å². The standard InChI is InChI=1S/C13H14FIN2OS/c1-18-11-4-2-3-8(13(11)14)5-10(17-16)9-6-12(15)19-7-9/h2-4,6-7,10,17H,5,16H2,1H3. The van der Waals surface area contributed by atoms with Crippen LogP contribution in [0.1, 0.15) is 17.2 Å². The fourth-order valence-corrected chi connectivity index (χ4v) is 3.30. The number of rotatable bonds is 5. The first kappa shape index (κ1) is 14.7. The number of methoxy groups -OCH3 is 1. The molecule has 0 saturated heterocycles. The molecule has 0 spiro atoms. The lowest BCUT2D eigenvalue weighted by atomic mass is 10.0. The van der Waals surface area contributed by atoms with Gasteiger partial charge in [-0.1, -0.05) is 12.1 Å². The molecule has 1 atom stereocenters. The van der Waals surface area contributed by atoms with Crippen LogP contribution in [0, 0.1) is 8.70 Å². The third-order valence-electron chi connectivity index (χ3n) is 2.88. The van der Waals surface area contributed by atoms with Crippen molar-refractivity contribution in [2.45, 2.75) is 12.5 Å². The quantitative estimate of drug-likeness (QED) is 0.467. The minimum absolute atomic E-state index is 0.110. The molecule has 0 amide bonds. The van der Waals surface area contributed by atoms with Gasteiger partial charge in [-0.2, -0.15) is 0 Å². The second-order valence-electron chi connectivity index (χ2n) is 4.04. The third kappa shape index (κ3) is 3.44. The van der Waals surface area contributed by atoms with E-state index in [9.17, 15) is 4.39 Å². The highest BCUT2D eigenvalue weighted by Gasteiger charge is 2.16. The minimum atomic E-state index is -0.324. The van der Waals surface area contributed by atoms with Gasteiger partial charge in [-0.05, 0) is 57.7 Å². The number of hydrogen-bond acceptors (Lipinski definition) is 4. The summed E-state index contributed by atoms with van der Waals surface area (Å²) in [6, 6.07) is 7.08. The van der Waals surface area contributed by atoms with Crippen molar-refractivity contribution in [3.8, 4) is 5.75 Å². The number of hydrazine groups is 1. The summed E-state index contributed by atoms with van der Waals surface area (Å²) in [7, 11) is 1.46. The van der Waals surface area contributed by atoms with Gasteiger partial charge in [-0.15, -0.1) is 11.3 Å². The summed E-state index contributed by atoms with van der Waals surface area (Å²) < 4.78 is 20.3. The molecule has 1 aromatic carbocycles. The number of benzene rings is 1. The van der Waals surface area contributed by atoms with E-state index in [2.05, 4.69) is 28.0 Å². The summed E-state index contributed by atoms with van der Waals surface area (Å²) >= 11 is 3.90. The number of hydrogen-bond donors (Lipinski definition) is 2. The molecular formula is C13H14FIN2OS. The molecule has 1 heterocycles. The molecule has 0 radical (unpaired) electrons. The molecule has 0 fully saturated rings. The van der Waals surface area contributed by atoms with Crippen LogP contribution in [-0.4, -0.2) is 7.11 Å². The van der Waals surface area contributed by atoms with E-state index in [0.29, 0.717) is 12.0 Å². The van der Waals surface area contributed by atoms with Crippen LogP contribution < -0.4 is 16.0 Å². The molecule has 0 aliphatic heterocycles. The molecule has 102 valence electrons. The summed E-state index contributed by atoms with van der Waals surface area (Å²) in [6.45, 7) is 0. The smallest absolute Gasteiger partial charge is 0.168 e. The Hall–Kier alpha value is -0.700. The summed E-state index contributed by atoms with van der Waals surface area (Å²) in [5.41, 5.74) is 4.40. The van der Waals surface area contributed by atoms with Crippen LogP contribution in [0.3, 0.4) is 0 Å². The van der Waals surface area contributed by atoms with Gasteiger partial charge in [0.15, 0.2) is 11.6 Å². The average molecular weight is 392 g/mol. The van der Waals surface area contributed by atoms with Crippen LogP contribution in [0.15, 0.2) is 29.6 Å². The van der Waals surface area contributed by atoms with E-state index in [1.807, 2.05) is 11.4 Å². The van der Waals surface area contributed by atoms with Crippen molar-refractivity contribution in [3.63, 3.8) is 0 Å². The Balaban J connectivity index is 2.23. The maximum Gasteiger partial charge on any atom is 0.168 e. The summed E-state index contributed by atoms with van der Waals surface area (Å²) in [5, 5.41) is 2.03. The highest BCUT2D eigenvalue weighted by molar-refractivity contribution is 14.1. The van der Waals surface area contributed by atoms with Crippen molar-refractivity contribution in [1.82, 2.24) is 5.43 Å². The van der Waals surface area contributed by atoms with Gasteiger partial charge in [0.2, 0.25) is 0 Å². The number of nitrogens with two attached hydrogens (primary N) is 1. The third-order valence-corrected chi connectivity index (χ3v) is 4.69. The summed E-state index contributed by atoms with van der Waals surface area (Å²) in [5.74, 6) is 5.51. The minimum Gasteiger partial charge on any atom is -0.494 e. The van der Waals surface area contributed by atoms with Gasteiger partial charge in [-0.3, -0.25) is 11.3 Å². The SMILES string of the molecule is COc1cccc(CC(NN)c2csc(I)c2)c1F. The second-order valence-corrected chi connectivity index (χ2v) is 6.85. The molecule has 3 N–H and O–H groups in total. The Morgan fingerprint density at radius 1 is 1.53 bits per heavy atom. The Labute approximate surface area is 129 Å². The lowest BCUT2D eigenvalue weighted by molar-refractivity contribution is 0.382. The highest BCUT2D eigenvalue weighted by atomic mass is 127. The molecule has 19 heavy (non-hydrogen) atoms. The zero-order valence-corrected chi connectivity index (χ0v) is 13.3. The number of ether oxygens (including phenoxy) is 1. The van der Waals surface area contributed by atoms with Gasteiger partial charge in [0, 0.05) is 0 Å². The van der Waals surface area contributed by atoms with Gasteiger partial charge >= 0.3 is 0 Å². The molecule has 2 aromatic rings. The molecule has 0 aliphatic carbocycles. The topological polar surface area (TPSA) is 47.3 Å². The van der Waals surface area contributed by atoms with Gasteiger partial charge in [-0.25, -0.2) is 4.39 Å². The number of nitrogens with one attached hydrogen (secondary N) is 1. The molecule has 2 rings (SSSR count). The van der Waals surface area contributed by atoms with Gasteiger partial charge < -0.3 is 4.74 Å². The monoisotopic (exact) mass is 392 g/mol. The normalized spacial score (nSPS) is 12.4. The molecule has 0 aliphatic rings. The lowest BCUT2D eigenvalue weighted by Gasteiger charge is -2.16. The highest BCUT2D eigenvalue weighted by Crippen LogP contribution is 2.27. The van der Waals surface area contributed by atoms with Crippen LogP contribution in [0.2, 0.25) is 0 Å². The fourth-order valence-electron chi connectivity index (χ4n) is 1.87. The molecule has 1 unspecified atom stereocenters. The van der Waals surface area contributed by atoms with Crippen LogP contribution in [0.5, 0.6) is 5.75 Å². The van der Waals surface area contributed by atoms with Crippen molar-refractivity contribution in [2.24, 2.45) is 5.84 Å². The maximum atomic E-state index is 14.1. The fraction of sp³-hybridized carbons (Fsp3) is 0.231. The van der Waals surface area contributed by atoms with E-state index in [-0.39, 0.29) is 17.6 Å². The van der Waals surface area contributed by atoms with Crippen molar-refractivity contribution in [3.05, 3.63) is 49.5 Å². The molecular weight excluding hydrogens is 378 g/mol. The Morgan fingerprint density at radius 2 is 2.32 bits per heavy atom. The zero-order chi connectivity index (χ0) is 13.8. The Morgan fingerprint density at radius 3 is 2.89 bits per heavy atom. The zero-order valence-electron chi connectivity index (χ0n) is 10.3. The van der Waals surface area contributed by atoms with E-state index < -0.39 is 0 Å². The van der Waals surface area contributed by atoms with E-state index in [1.54, 1.807) is 29.5 Å². The first-order valence-electron chi connectivity index (χ1n) is 5.67. The first-order valence-corrected chi connectivity index (χ1v) is 7.63. The molecule has 0 bridgehead atoms. The van der Waals surface area contributed by atoms with Gasteiger partial charge in [0.05, 0.1) is 16.0 Å². The predicted molar refractivity (Wildman–Crippen MR) is 83.8 cm³/mol. The van der Waals surface area contributed by atoms with Crippen LogP contribution in [0.25, 0.3) is 0 Å². The lowest BCUT2D eigenvalue weighted by Crippen LogP contribution is -2.29. The summed E-state index contributed by atoms with van der Waals surface area (Å²) in [6.07, 6.45) is 0.479. The molecule has 3 nitrogen and oxygen atoms in total. The first-order chi connectivity index (χ1) is 9.15.